The van der Waals surface area contributed by atoms with E-state index in [-0.39, 0.29) is 121 Å². The first kappa shape index (κ1) is 50.4. The van der Waals surface area contributed by atoms with Crippen molar-refractivity contribution >= 4 is 41.4 Å². The van der Waals surface area contributed by atoms with Crippen molar-refractivity contribution in [2.24, 2.45) is 23.7 Å². The van der Waals surface area contributed by atoms with Crippen LogP contribution in [0.4, 0.5) is 0 Å². The standard InChI is InChI=1S/C64H62N6O8/c71-58(65-54-29-45(54)39-18-8-2-9-19-39)50-33-69(34-51(50)59(72)66-55-30-46(55)40-20-10-3-11-21-40)62(75)43-26-27-44(49(28-43)64(77)78-37-38-16-6-1-7-17-38)63(76)70-35-52(60(73)67-56-31-47(56)41-22-12-4-13-23-41)53(36-70)61(74)68-57-32-48(57)42-24-14-5-15-25-42/h1-28,45-48,50-57H,29-37H2,(H,65,71)(H,66,72)(H,67,73)(H,68,74)/t45-,46-,47-,48-,50-,51-,52-,53-,54+,55+,56+,57?/m1/s1. The number of nitrogens with one attached hydrogen (secondary N) is 4. The maximum Gasteiger partial charge on any atom is 0.339 e. The number of hydrogen-bond donors (Lipinski definition) is 4. The van der Waals surface area contributed by atoms with E-state index in [0.717, 1.165) is 47.9 Å². The number of amides is 6. The first-order chi connectivity index (χ1) is 38.0. The maximum atomic E-state index is 15.0. The number of esters is 1. The van der Waals surface area contributed by atoms with Gasteiger partial charge in [0.05, 0.1) is 34.8 Å². The number of carbonyl (C=O) groups excluding carboxylic acids is 7. The van der Waals surface area contributed by atoms with E-state index in [0.29, 0.717) is 5.56 Å². The normalized spacial score (nSPS) is 27.2. The number of ether oxygens (including phenoxy) is 1. The van der Waals surface area contributed by atoms with E-state index in [2.05, 4.69) is 21.3 Å². The Morgan fingerprint density at radius 2 is 0.705 bits per heavy atom. The van der Waals surface area contributed by atoms with Crippen LogP contribution in [0, 0.1) is 23.7 Å². The number of rotatable bonds is 17. The maximum absolute atomic E-state index is 15.0. The van der Waals surface area contributed by atoms with Crippen molar-refractivity contribution in [2.45, 2.75) is 80.1 Å². The minimum absolute atomic E-state index is 0.0483. The van der Waals surface area contributed by atoms with Gasteiger partial charge in [-0.15, -0.1) is 0 Å². The molecule has 4 saturated carbocycles. The molecule has 2 aliphatic heterocycles. The average molecular weight is 1040 g/mol. The fraction of sp³-hybridized carbons (Fsp3) is 0.328. The van der Waals surface area contributed by atoms with Gasteiger partial charge in [-0.25, -0.2) is 4.79 Å². The molecular formula is C64H62N6O8. The second kappa shape index (κ2) is 21.6. The first-order valence-electron chi connectivity index (χ1n) is 27.4. The molecule has 396 valence electrons. The van der Waals surface area contributed by atoms with Gasteiger partial charge in [0, 0.05) is 79.6 Å². The van der Waals surface area contributed by atoms with E-state index in [1.807, 2.05) is 140 Å². The molecule has 12 rings (SSSR count). The largest absolute Gasteiger partial charge is 0.457 e. The Balaban J connectivity index is 0.793. The van der Waals surface area contributed by atoms with Gasteiger partial charge >= 0.3 is 5.97 Å². The third-order valence-electron chi connectivity index (χ3n) is 16.9. The fourth-order valence-electron chi connectivity index (χ4n) is 12.0. The summed E-state index contributed by atoms with van der Waals surface area (Å²) in [5.74, 6) is -6.12. The van der Waals surface area contributed by atoms with Crippen LogP contribution < -0.4 is 21.3 Å². The zero-order valence-corrected chi connectivity index (χ0v) is 43.1. The molecule has 14 heteroatoms. The quantitative estimate of drug-likeness (QED) is 0.0698. The monoisotopic (exact) mass is 1040 g/mol. The lowest BCUT2D eigenvalue weighted by molar-refractivity contribution is -0.133. The fourth-order valence-corrected chi connectivity index (χ4v) is 12.0. The van der Waals surface area contributed by atoms with Gasteiger partial charge < -0.3 is 35.8 Å². The molecule has 6 amide bonds. The average Bonchev–Trinajstić information content (AvgIpc) is 4.46. The molecule has 6 fully saturated rings. The summed E-state index contributed by atoms with van der Waals surface area (Å²) in [6, 6.07) is 52.7. The molecule has 1 unspecified atom stereocenters. The van der Waals surface area contributed by atoms with Gasteiger partial charge in [0.1, 0.15) is 6.61 Å². The smallest absolute Gasteiger partial charge is 0.339 e. The zero-order valence-electron chi connectivity index (χ0n) is 43.1. The Labute approximate surface area is 453 Å². The third kappa shape index (κ3) is 10.9. The second-order valence-electron chi connectivity index (χ2n) is 22.1. The van der Waals surface area contributed by atoms with Gasteiger partial charge in [0.15, 0.2) is 0 Å². The van der Waals surface area contributed by atoms with E-state index in [1.54, 1.807) is 12.1 Å². The summed E-state index contributed by atoms with van der Waals surface area (Å²) in [6.07, 6.45) is 3.04. The van der Waals surface area contributed by atoms with E-state index in [1.165, 1.54) is 28.0 Å². The lowest BCUT2D eigenvalue weighted by Crippen LogP contribution is -2.43. The summed E-state index contributed by atoms with van der Waals surface area (Å²) < 4.78 is 5.84. The minimum Gasteiger partial charge on any atom is -0.457 e. The molecule has 6 aliphatic rings. The number of likely N-dealkylation sites (tertiary alicyclic amines) is 2. The van der Waals surface area contributed by atoms with Crippen LogP contribution in [0.2, 0.25) is 0 Å². The molecule has 6 aromatic rings. The van der Waals surface area contributed by atoms with E-state index in [9.17, 15) is 33.6 Å². The summed E-state index contributed by atoms with van der Waals surface area (Å²) in [5.41, 5.74) is 5.01. The number of hydrogen-bond acceptors (Lipinski definition) is 8. The van der Waals surface area contributed by atoms with Crippen LogP contribution in [-0.4, -0.2) is 102 Å². The van der Waals surface area contributed by atoms with Gasteiger partial charge in [-0.1, -0.05) is 152 Å². The highest BCUT2D eigenvalue weighted by Gasteiger charge is 2.51. The van der Waals surface area contributed by atoms with E-state index >= 15 is 0 Å². The predicted octanol–water partition coefficient (Wildman–Crippen LogP) is 7.11. The molecular weight excluding hydrogens is 981 g/mol. The topological polar surface area (TPSA) is 183 Å². The van der Waals surface area contributed by atoms with Crippen molar-refractivity contribution in [1.29, 1.82) is 0 Å². The van der Waals surface area contributed by atoms with Crippen LogP contribution >= 0.6 is 0 Å². The summed E-state index contributed by atoms with van der Waals surface area (Å²) >= 11 is 0. The highest BCUT2D eigenvalue weighted by molar-refractivity contribution is 6.08. The van der Waals surface area contributed by atoms with Crippen molar-refractivity contribution in [2.75, 3.05) is 26.2 Å². The number of nitrogens with zero attached hydrogens (tertiary/aromatic N) is 2. The van der Waals surface area contributed by atoms with Crippen LogP contribution in [0.5, 0.6) is 0 Å². The van der Waals surface area contributed by atoms with Crippen molar-refractivity contribution in [1.82, 2.24) is 31.1 Å². The molecule has 6 aromatic carbocycles. The highest BCUT2D eigenvalue weighted by atomic mass is 16.5. The van der Waals surface area contributed by atoms with Gasteiger partial charge in [0.2, 0.25) is 23.6 Å². The van der Waals surface area contributed by atoms with Crippen LogP contribution in [0.1, 0.15) is 108 Å². The van der Waals surface area contributed by atoms with Gasteiger partial charge in [-0.2, -0.15) is 0 Å². The van der Waals surface area contributed by atoms with Crippen molar-refractivity contribution in [3.8, 4) is 0 Å². The van der Waals surface area contributed by atoms with E-state index < -0.39 is 41.5 Å². The summed E-state index contributed by atoms with van der Waals surface area (Å²) in [4.78, 5) is 104. The molecule has 2 saturated heterocycles. The minimum atomic E-state index is -0.882. The van der Waals surface area contributed by atoms with Gasteiger partial charge in [-0.05, 0) is 71.7 Å². The second-order valence-corrected chi connectivity index (χ2v) is 22.1. The summed E-state index contributed by atoms with van der Waals surface area (Å²) in [6.45, 7) is -0.384. The number of carbonyl (C=O) groups is 7. The zero-order chi connectivity index (χ0) is 53.4. The van der Waals surface area contributed by atoms with Crippen molar-refractivity contribution in [3.63, 3.8) is 0 Å². The molecule has 0 radical (unpaired) electrons. The number of benzene rings is 6. The van der Waals surface area contributed by atoms with E-state index in [4.69, 9.17) is 4.74 Å². The molecule has 78 heavy (non-hydrogen) atoms. The SMILES string of the molecule is O=C(OCc1ccccc1)c1cc(C(=O)N2C[C@@H](C(=O)N[C@H]3C[C@@H]3c3ccccc3)[C@H](C(=O)N[C@H]3C[C@@H]3c3ccccc3)C2)ccc1C(=O)N1C[C@@H](C(=O)NC2C[C@@H]2c2ccccc2)[C@H](C(=O)N[C@H]2C[C@@H]2c2ccccc2)C1. The lowest BCUT2D eigenvalue weighted by atomic mass is 9.94. The Morgan fingerprint density at radius 1 is 0.385 bits per heavy atom. The molecule has 0 bridgehead atoms. The Kier molecular flexibility index (Phi) is 13.9. The molecule has 12 atom stereocenters. The van der Waals surface area contributed by atoms with Crippen molar-refractivity contribution in [3.05, 3.63) is 214 Å². The van der Waals surface area contributed by atoms with Gasteiger partial charge in [-0.3, -0.25) is 28.8 Å². The molecule has 0 spiro atoms. The first-order valence-corrected chi connectivity index (χ1v) is 27.4. The summed E-state index contributed by atoms with van der Waals surface area (Å²) in [5, 5.41) is 12.7. The van der Waals surface area contributed by atoms with Crippen LogP contribution in [-0.2, 0) is 30.5 Å². The summed E-state index contributed by atoms with van der Waals surface area (Å²) in [7, 11) is 0. The van der Waals surface area contributed by atoms with Crippen LogP contribution in [0.3, 0.4) is 0 Å². The molecule has 4 aliphatic carbocycles. The molecule has 14 nitrogen and oxygen atoms in total. The van der Waals surface area contributed by atoms with Crippen molar-refractivity contribution < 1.29 is 38.3 Å². The lowest BCUT2D eigenvalue weighted by Gasteiger charge is -2.20. The molecule has 4 N–H and O–H groups in total. The predicted molar refractivity (Wildman–Crippen MR) is 291 cm³/mol. The Morgan fingerprint density at radius 3 is 1.05 bits per heavy atom. The Bertz CT molecular complexity index is 3090. The molecule has 2 heterocycles. The highest BCUT2D eigenvalue weighted by Crippen LogP contribution is 2.45. The third-order valence-corrected chi connectivity index (χ3v) is 16.9. The Hall–Kier alpha value is -8.39. The van der Waals surface area contributed by atoms with Gasteiger partial charge in [0.25, 0.3) is 11.8 Å². The van der Waals surface area contributed by atoms with Crippen LogP contribution in [0.25, 0.3) is 0 Å². The molecule has 0 aromatic heterocycles. The van der Waals surface area contributed by atoms with Crippen LogP contribution in [0.15, 0.2) is 170 Å².